The molecule has 1 aromatic heterocycles. The van der Waals surface area contributed by atoms with Gasteiger partial charge >= 0.3 is 6.03 Å². The number of fused-ring (bicyclic) bond motifs is 1. The lowest BCUT2D eigenvalue weighted by molar-refractivity contribution is 0.240. The van der Waals surface area contributed by atoms with Crippen molar-refractivity contribution in [3.05, 3.63) is 76.2 Å². The summed E-state index contributed by atoms with van der Waals surface area (Å²) in [5, 5.41) is 11.8. The van der Waals surface area contributed by atoms with Crippen LogP contribution >= 0.6 is 0 Å². The fourth-order valence-electron chi connectivity index (χ4n) is 4.20. The smallest absolute Gasteiger partial charge is 0.315 e. The van der Waals surface area contributed by atoms with Crippen molar-refractivity contribution in [3.8, 4) is 0 Å². The Morgan fingerprint density at radius 1 is 0.906 bits per heavy atom. The predicted octanol–water partition coefficient (Wildman–Crippen LogP) is 2.92. The summed E-state index contributed by atoms with van der Waals surface area (Å²) >= 11 is 0. The van der Waals surface area contributed by atoms with E-state index in [-0.39, 0.29) is 18.1 Å². The van der Waals surface area contributed by atoms with Gasteiger partial charge < -0.3 is 15.5 Å². The summed E-state index contributed by atoms with van der Waals surface area (Å²) in [7, 11) is 0. The summed E-state index contributed by atoms with van der Waals surface area (Å²) < 4.78 is 1.55. The molecule has 0 radical (unpaired) electrons. The number of carbonyl (C=O) groups excluding carboxylic acids is 1. The lowest BCUT2D eigenvalue weighted by atomic mass is 10.1. The van der Waals surface area contributed by atoms with Gasteiger partial charge in [0.25, 0.3) is 5.56 Å². The van der Waals surface area contributed by atoms with E-state index in [0.717, 1.165) is 37.9 Å². The highest BCUT2D eigenvalue weighted by molar-refractivity contribution is 5.84. The third-order valence-corrected chi connectivity index (χ3v) is 5.96. The Labute approximate surface area is 188 Å². The number of urea groups is 1. The Morgan fingerprint density at radius 2 is 1.62 bits per heavy atom. The van der Waals surface area contributed by atoms with Crippen molar-refractivity contribution < 1.29 is 4.79 Å². The molecule has 1 aliphatic heterocycles. The van der Waals surface area contributed by atoms with Crippen molar-refractivity contribution >= 4 is 16.8 Å². The van der Waals surface area contributed by atoms with Gasteiger partial charge in [0, 0.05) is 18.5 Å². The van der Waals surface area contributed by atoms with E-state index < -0.39 is 0 Å². The van der Waals surface area contributed by atoms with Gasteiger partial charge in [-0.05, 0) is 50.4 Å². The summed E-state index contributed by atoms with van der Waals surface area (Å²) in [4.78, 5) is 27.6. The van der Waals surface area contributed by atoms with E-state index in [2.05, 4.69) is 32.8 Å². The Morgan fingerprint density at radius 3 is 2.41 bits per heavy atom. The molecule has 7 nitrogen and oxygen atoms in total. The average Bonchev–Trinajstić information content (AvgIpc) is 3.35. The second kappa shape index (κ2) is 10.9. The number of likely N-dealkylation sites (tertiary alicyclic amines) is 1. The molecule has 0 unspecified atom stereocenters. The SMILES string of the molecule is O=C(NCCCc1ccccc1)NCc1nn(CCN2CCCC2)c(=O)c2ccccc12. The van der Waals surface area contributed by atoms with Crippen LogP contribution in [0.15, 0.2) is 59.4 Å². The molecule has 168 valence electrons. The van der Waals surface area contributed by atoms with Crippen molar-refractivity contribution in [2.45, 2.75) is 38.8 Å². The Kier molecular flexibility index (Phi) is 7.51. The van der Waals surface area contributed by atoms with Crippen LogP contribution in [0.2, 0.25) is 0 Å². The van der Waals surface area contributed by atoms with Crippen molar-refractivity contribution in [2.75, 3.05) is 26.2 Å². The molecule has 2 amide bonds. The van der Waals surface area contributed by atoms with E-state index in [1.807, 2.05) is 42.5 Å². The van der Waals surface area contributed by atoms with Crippen LogP contribution in [-0.2, 0) is 19.5 Å². The molecule has 0 saturated carbocycles. The zero-order valence-corrected chi connectivity index (χ0v) is 18.4. The largest absolute Gasteiger partial charge is 0.338 e. The Hall–Kier alpha value is -3.19. The number of nitrogens with one attached hydrogen (secondary N) is 2. The molecular weight excluding hydrogens is 402 g/mol. The molecular formula is C25H31N5O2. The Bertz CT molecular complexity index is 1090. The topological polar surface area (TPSA) is 79.3 Å². The highest BCUT2D eigenvalue weighted by atomic mass is 16.2. The van der Waals surface area contributed by atoms with E-state index in [1.54, 1.807) is 4.68 Å². The molecule has 2 aromatic carbocycles. The molecule has 0 aliphatic carbocycles. The molecule has 2 heterocycles. The number of aromatic nitrogens is 2. The first-order chi connectivity index (χ1) is 15.7. The van der Waals surface area contributed by atoms with E-state index in [1.165, 1.54) is 18.4 Å². The van der Waals surface area contributed by atoms with Gasteiger partial charge in [0.15, 0.2) is 0 Å². The monoisotopic (exact) mass is 433 g/mol. The minimum absolute atomic E-state index is 0.0751. The third-order valence-electron chi connectivity index (χ3n) is 5.96. The van der Waals surface area contributed by atoms with Gasteiger partial charge in [0.2, 0.25) is 0 Å². The molecule has 7 heteroatoms. The van der Waals surface area contributed by atoms with Gasteiger partial charge in [0.05, 0.1) is 24.2 Å². The molecule has 3 aromatic rings. The van der Waals surface area contributed by atoms with Crippen molar-refractivity contribution in [1.82, 2.24) is 25.3 Å². The fraction of sp³-hybridized carbons (Fsp3) is 0.400. The summed E-state index contributed by atoms with van der Waals surface area (Å²) in [5.74, 6) is 0. The maximum absolute atomic E-state index is 12.9. The predicted molar refractivity (Wildman–Crippen MR) is 127 cm³/mol. The number of aryl methyl sites for hydroxylation is 1. The van der Waals surface area contributed by atoms with Gasteiger partial charge in [-0.15, -0.1) is 0 Å². The molecule has 1 aliphatic rings. The average molecular weight is 434 g/mol. The molecule has 1 fully saturated rings. The van der Waals surface area contributed by atoms with Crippen LogP contribution in [0, 0.1) is 0 Å². The van der Waals surface area contributed by atoms with Crippen LogP contribution in [0.4, 0.5) is 4.79 Å². The molecule has 4 rings (SSSR count). The van der Waals surface area contributed by atoms with Gasteiger partial charge in [-0.2, -0.15) is 5.10 Å². The first-order valence-electron chi connectivity index (χ1n) is 11.5. The number of nitrogens with zero attached hydrogens (tertiary/aromatic N) is 3. The number of hydrogen-bond donors (Lipinski definition) is 2. The molecule has 0 bridgehead atoms. The van der Waals surface area contributed by atoms with Gasteiger partial charge in [-0.25, -0.2) is 9.48 Å². The molecule has 0 atom stereocenters. The second-order valence-corrected chi connectivity index (χ2v) is 8.27. The van der Waals surface area contributed by atoms with Crippen LogP contribution in [0.5, 0.6) is 0 Å². The number of hydrogen-bond acceptors (Lipinski definition) is 4. The van der Waals surface area contributed by atoms with Gasteiger partial charge in [-0.1, -0.05) is 48.5 Å². The minimum Gasteiger partial charge on any atom is -0.338 e. The Balaban J connectivity index is 1.35. The summed E-state index contributed by atoms with van der Waals surface area (Å²) in [6, 6.07) is 17.5. The van der Waals surface area contributed by atoms with Crippen LogP contribution < -0.4 is 16.2 Å². The number of rotatable bonds is 9. The second-order valence-electron chi connectivity index (χ2n) is 8.27. The van der Waals surface area contributed by atoms with E-state index in [9.17, 15) is 9.59 Å². The highest BCUT2D eigenvalue weighted by Gasteiger charge is 2.14. The lowest BCUT2D eigenvalue weighted by Crippen LogP contribution is -2.37. The van der Waals surface area contributed by atoms with Crippen LogP contribution in [0.25, 0.3) is 10.8 Å². The highest BCUT2D eigenvalue weighted by Crippen LogP contribution is 2.13. The maximum atomic E-state index is 12.9. The summed E-state index contributed by atoms with van der Waals surface area (Å²) in [5.41, 5.74) is 1.90. The van der Waals surface area contributed by atoms with Gasteiger partial charge in [0.1, 0.15) is 0 Å². The number of benzene rings is 2. The number of amides is 2. The zero-order valence-electron chi connectivity index (χ0n) is 18.4. The molecule has 32 heavy (non-hydrogen) atoms. The molecule has 1 saturated heterocycles. The molecule has 0 spiro atoms. The van der Waals surface area contributed by atoms with Crippen molar-refractivity contribution in [1.29, 1.82) is 0 Å². The van der Waals surface area contributed by atoms with Crippen LogP contribution in [0.3, 0.4) is 0 Å². The third kappa shape index (κ3) is 5.73. The summed E-state index contributed by atoms with van der Waals surface area (Å²) in [6.07, 6.45) is 4.24. The van der Waals surface area contributed by atoms with Crippen molar-refractivity contribution in [3.63, 3.8) is 0 Å². The zero-order chi connectivity index (χ0) is 22.2. The van der Waals surface area contributed by atoms with Gasteiger partial charge in [-0.3, -0.25) is 4.79 Å². The standard InChI is InChI=1S/C25H31N5O2/c31-24-22-13-5-4-12-21(22)23(28-30(24)18-17-29-15-6-7-16-29)19-27-25(32)26-14-8-11-20-9-2-1-3-10-20/h1-5,9-10,12-13H,6-8,11,14-19H2,(H2,26,27,32). The summed E-state index contributed by atoms with van der Waals surface area (Å²) in [6.45, 7) is 4.42. The first-order valence-corrected chi connectivity index (χ1v) is 11.5. The van der Waals surface area contributed by atoms with Crippen LogP contribution in [-0.4, -0.2) is 46.9 Å². The van der Waals surface area contributed by atoms with E-state index in [0.29, 0.717) is 24.2 Å². The number of carbonyl (C=O) groups is 1. The molecule has 2 N–H and O–H groups in total. The van der Waals surface area contributed by atoms with E-state index in [4.69, 9.17) is 0 Å². The fourth-order valence-corrected chi connectivity index (χ4v) is 4.20. The van der Waals surface area contributed by atoms with Crippen LogP contribution in [0.1, 0.15) is 30.5 Å². The minimum atomic E-state index is -0.223. The normalized spacial score (nSPS) is 14.0. The maximum Gasteiger partial charge on any atom is 0.315 e. The van der Waals surface area contributed by atoms with E-state index >= 15 is 0 Å². The quantitative estimate of drug-likeness (QED) is 0.509. The first kappa shape index (κ1) is 22.0. The van der Waals surface area contributed by atoms with Crippen molar-refractivity contribution in [2.24, 2.45) is 0 Å². The lowest BCUT2D eigenvalue weighted by Gasteiger charge is -2.16.